The predicted octanol–water partition coefficient (Wildman–Crippen LogP) is 4.03. The van der Waals surface area contributed by atoms with Crippen LogP contribution in [-0.4, -0.2) is 22.8 Å². The van der Waals surface area contributed by atoms with E-state index in [1.165, 1.54) is 11.8 Å². The Hall–Kier alpha value is -1.98. The number of benzene rings is 2. The highest BCUT2D eigenvalue weighted by Crippen LogP contribution is 2.14. The molecule has 2 aromatic rings. The number of anilines is 1. The summed E-state index contributed by atoms with van der Waals surface area (Å²) in [5.41, 5.74) is 2.88. The highest BCUT2D eigenvalue weighted by Gasteiger charge is 2.15. The maximum Gasteiger partial charge on any atom is 0.234 e. The molecule has 2 amide bonds. The zero-order valence-electron chi connectivity index (χ0n) is 14.2. The fourth-order valence-corrected chi connectivity index (χ4v) is 2.88. The predicted molar refractivity (Wildman–Crippen MR) is 105 cm³/mol. The molecule has 2 aromatic carbocycles. The monoisotopic (exact) mass is 376 g/mol. The first-order valence-corrected chi connectivity index (χ1v) is 9.37. The summed E-state index contributed by atoms with van der Waals surface area (Å²) in [6.45, 7) is 4.23. The normalized spacial score (nSPS) is 11.6. The molecule has 132 valence electrons. The Morgan fingerprint density at radius 2 is 1.72 bits per heavy atom. The van der Waals surface area contributed by atoms with Crippen molar-refractivity contribution in [2.75, 3.05) is 11.1 Å². The molecule has 0 unspecified atom stereocenters. The van der Waals surface area contributed by atoms with E-state index < -0.39 is 0 Å². The number of carbonyl (C=O) groups is 2. The Morgan fingerprint density at radius 1 is 1.08 bits per heavy atom. The van der Waals surface area contributed by atoms with Crippen LogP contribution in [0.3, 0.4) is 0 Å². The van der Waals surface area contributed by atoms with Gasteiger partial charge in [-0.2, -0.15) is 0 Å². The third-order valence-electron chi connectivity index (χ3n) is 3.55. The van der Waals surface area contributed by atoms with E-state index >= 15 is 0 Å². The molecular formula is C19H21ClN2O2S. The molecule has 6 heteroatoms. The van der Waals surface area contributed by atoms with E-state index in [2.05, 4.69) is 10.6 Å². The van der Waals surface area contributed by atoms with Crippen LogP contribution in [-0.2, 0) is 16.1 Å². The number of nitrogens with one attached hydrogen (secondary N) is 2. The lowest BCUT2D eigenvalue weighted by atomic mass is 10.2. The van der Waals surface area contributed by atoms with Crippen LogP contribution in [0.2, 0.25) is 5.02 Å². The van der Waals surface area contributed by atoms with Crippen molar-refractivity contribution < 1.29 is 9.59 Å². The first-order chi connectivity index (χ1) is 11.9. The van der Waals surface area contributed by atoms with Gasteiger partial charge in [-0.05, 0) is 43.7 Å². The van der Waals surface area contributed by atoms with Crippen LogP contribution in [0, 0.1) is 6.92 Å². The van der Waals surface area contributed by atoms with Gasteiger partial charge in [0.15, 0.2) is 0 Å². The van der Waals surface area contributed by atoms with Gasteiger partial charge < -0.3 is 10.6 Å². The van der Waals surface area contributed by atoms with Crippen molar-refractivity contribution in [1.29, 1.82) is 0 Å². The zero-order valence-corrected chi connectivity index (χ0v) is 15.8. The maximum absolute atomic E-state index is 12.1. The number of thioether (sulfide) groups is 1. The molecule has 0 heterocycles. The summed E-state index contributed by atoms with van der Waals surface area (Å²) in [4.78, 5) is 24.1. The number of carbonyl (C=O) groups excluding carboxylic acids is 2. The first-order valence-electron chi connectivity index (χ1n) is 7.94. The summed E-state index contributed by atoms with van der Waals surface area (Å²) in [6.07, 6.45) is 0. The molecule has 0 aliphatic rings. The largest absolute Gasteiger partial charge is 0.351 e. The van der Waals surface area contributed by atoms with Crippen molar-refractivity contribution >= 4 is 40.9 Å². The highest BCUT2D eigenvalue weighted by molar-refractivity contribution is 8.01. The topological polar surface area (TPSA) is 58.2 Å². The Bertz CT molecular complexity index is 717. The summed E-state index contributed by atoms with van der Waals surface area (Å²) >= 11 is 7.14. The number of rotatable bonds is 7. The molecule has 0 aliphatic heterocycles. The van der Waals surface area contributed by atoms with Crippen LogP contribution in [0.4, 0.5) is 5.69 Å². The number of hydrogen-bond donors (Lipinski definition) is 2. The minimum atomic E-state index is -0.309. The number of halogens is 1. The SMILES string of the molecule is Cc1ccc(NC(=O)CS[C@@H](C)C(=O)NCc2ccc(Cl)cc2)cc1. The third kappa shape index (κ3) is 6.80. The van der Waals surface area contributed by atoms with Crippen molar-refractivity contribution in [1.82, 2.24) is 5.32 Å². The van der Waals surface area contributed by atoms with Crippen LogP contribution in [0.15, 0.2) is 48.5 Å². The lowest BCUT2D eigenvalue weighted by Crippen LogP contribution is -2.31. The van der Waals surface area contributed by atoms with Gasteiger partial charge in [0.2, 0.25) is 11.8 Å². The van der Waals surface area contributed by atoms with Crippen molar-refractivity contribution in [2.45, 2.75) is 25.6 Å². The number of hydrogen-bond acceptors (Lipinski definition) is 3. The van der Waals surface area contributed by atoms with E-state index in [0.717, 1.165) is 16.8 Å². The third-order valence-corrected chi connectivity index (χ3v) is 4.94. The standard InChI is InChI=1S/C19H21ClN2O2S/c1-13-3-9-17(10-4-13)22-18(23)12-25-14(2)19(24)21-11-15-5-7-16(20)8-6-15/h3-10,14H,11-12H2,1-2H3,(H,21,24)(H,22,23)/t14-/m0/s1. The van der Waals surface area contributed by atoms with Crippen LogP contribution in [0.25, 0.3) is 0 Å². The molecule has 25 heavy (non-hydrogen) atoms. The Labute approximate surface area is 157 Å². The van der Waals surface area contributed by atoms with Crippen molar-refractivity contribution in [2.24, 2.45) is 0 Å². The Kier molecular flexibility index (Phi) is 7.34. The molecule has 0 saturated carbocycles. The molecule has 1 atom stereocenters. The smallest absolute Gasteiger partial charge is 0.234 e. The molecule has 4 nitrogen and oxygen atoms in total. The average Bonchev–Trinajstić information content (AvgIpc) is 2.61. The van der Waals surface area contributed by atoms with Crippen molar-refractivity contribution in [3.05, 3.63) is 64.7 Å². The number of aryl methyl sites for hydroxylation is 1. The minimum Gasteiger partial charge on any atom is -0.351 e. The molecule has 2 N–H and O–H groups in total. The van der Waals surface area contributed by atoms with Crippen LogP contribution >= 0.6 is 23.4 Å². The van der Waals surface area contributed by atoms with Crippen LogP contribution in [0.5, 0.6) is 0 Å². The van der Waals surface area contributed by atoms with Gasteiger partial charge in [0.1, 0.15) is 0 Å². The van der Waals surface area contributed by atoms with E-state index in [9.17, 15) is 9.59 Å². The van der Waals surface area contributed by atoms with E-state index in [1.807, 2.05) is 43.3 Å². The fourth-order valence-electron chi connectivity index (χ4n) is 2.05. The molecule has 0 spiro atoms. The van der Waals surface area contributed by atoms with Gasteiger partial charge in [-0.25, -0.2) is 0 Å². The minimum absolute atomic E-state index is 0.0944. The summed E-state index contributed by atoms with van der Waals surface area (Å²) < 4.78 is 0. The second-order valence-electron chi connectivity index (χ2n) is 5.71. The van der Waals surface area contributed by atoms with Gasteiger partial charge in [-0.1, -0.05) is 41.4 Å². The quantitative estimate of drug-likeness (QED) is 0.767. The summed E-state index contributed by atoms with van der Waals surface area (Å²) in [5, 5.41) is 6.04. The maximum atomic E-state index is 12.1. The highest BCUT2D eigenvalue weighted by atomic mass is 35.5. The molecule has 0 fully saturated rings. The van der Waals surface area contributed by atoms with Crippen molar-refractivity contribution in [3.63, 3.8) is 0 Å². The summed E-state index contributed by atoms with van der Waals surface area (Å²) in [7, 11) is 0. The first kappa shape index (κ1) is 19.3. The molecule has 0 saturated heterocycles. The molecule has 2 rings (SSSR count). The van der Waals surface area contributed by atoms with E-state index in [4.69, 9.17) is 11.6 Å². The second-order valence-corrected chi connectivity index (χ2v) is 7.48. The van der Waals surface area contributed by atoms with E-state index in [0.29, 0.717) is 11.6 Å². The molecule has 0 aliphatic carbocycles. The Balaban J connectivity index is 1.72. The molecule has 0 radical (unpaired) electrons. The Morgan fingerprint density at radius 3 is 2.36 bits per heavy atom. The lowest BCUT2D eigenvalue weighted by Gasteiger charge is -2.12. The summed E-state index contributed by atoms with van der Waals surface area (Å²) in [6, 6.07) is 14.9. The molecule has 0 bridgehead atoms. The van der Waals surface area contributed by atoms with Crippen LogP contribution in [0.1, 0.15) is 18.1 Å². The zero-order chi connectivity index (χ0) is 18.2. The van der Waals surface area contributed by atoms with E-state index in [-0.39, 0.29) is 22.8 Å². The molecular weight excluding hydrogens is 356 g/mol. The second kappa shape index (κ2) is 9.49. The van der Waals surface area contributed by atoms with Gasteiger partial charge >= 0.3 is 0 Å². The number of amides is 2. The van der Waals surface area contributed by atoms with Gasteiger partial charge in [0.05, 0.1) is 11.0 Å². The van der Waals surface area contributed by atoms with Gasteiger partial charge in [-0.3, -0.25) is 9.59 Å². The van der Waals surface area contributed by atoms with Crippen molar-refractivity contribution in [3.8, 4) is 0 Å². The molecule has 0 aromatic heterocycles. The van der Waals surface area contributed by atoms with Gasteiger partial charge in [-0.15, -0.1) is 11.8 Å². The lowest BCUT2D eigenvalue weighted by molar-refractivity contribution is -0.120. The summed E-state index contributed by atoms with van der Waals surface area (Å²) in [5.74, 6) is 0.0120. The van der Waals surface area contributed by atoms with Gasteiger partial charge in [0, 0.05) is 17.3 Å². The van der Waals surface area contributed by atoms with Gasteiger partial charge in [0.25, 0.3) is 0 Å². The fraction of sp³-hybridized carbons (Fsp3) is 0.263. The average molecular weight is 377 g/mol. The van der Waals surface area contributed by atoms with E-state index in [1.54, 1.807) is 19.1 Å². The van der Waals surface area contributed by atoms with Crippen LogP contribution < -0.4 is 10.6 Å².